The minimum Gasteiger partial charge on any atom is -0.490 e. The minimum absolute atomic E-state index is 0.0614. The zero-order valence-electron chi connectivity index (χ0n) is 13.3. The molecule has 0 spiro atoms. The minimum atomic E-state index is -0.869. The molecule has 0 aliphatic heterocycles. The molecule has 0 unspecified atom stereocenters. The molecule has 0 heterocycles. The van der Waals surface area contributed by atoms with E-state index in [1.807, 2.05) is 6.92 Å². The average molecular weight is 367 g/mol. The number of hydrazine groups is 1. The molecule has 0 aliphatic rings. The van der Waals surface area contributed by atoms with Gasteiger partial charge in [-0.15, -0.1) is 0 Å². The number of para-hydroxylation sites is 2. The van der Waals surface area contributed by atoms with Gasteiger partial charge in [0, 0.05) is 0 Å². The zero-order chi connectivity index (χ0) is 18.2. The van der Waals surface area contributed by atoms with Gasteiger partial charge in [-0.05, 0) is 31.2 Å². The Bertz CT molecular complexity index is 750. The van der Waals surface area contributed by atoms with Gasteiger partial charge < -0.3 is 9.47 Å². The van der Waals surface area contributed by atoms with Crippen LogP contribution in [-0.4, -0.2) is 25.0 Å². The Balaban J connectivity index is 1.88. The van der Waals surface area contributed by atoms with Gasteiger partial charge in [-0.25, -0.2) is 4.39 Å². The van der Waals surface area contributed by atoms with Gasteiger partial charge in [0.25, 0.3) is 11.8 Å². The summed E-state index contributed by atoms with van der Waals surface area (Å²) >= 11 is 5.78. The van der Waals surface area contributed by atoms with E-state index >= 15 is 0 Å². The van der Waals surface area contributed by atoms with E-state index in [-0.39, 0.29) is 17.2 Å². The molecule has 2 N–H and O–H groups in total. The summed E-state index contributed by atoms with van der Waals surface area (Å²) in [4.78, 5) is 23.7. The fraction of sp³-hybridized carbons (Fsp3) is 0.176. The molecule has 25 heavy (non-hydrogen) atoms. The second-order valence-electron chi connectivity index (χ2n) is 4.77. The van der Waals surface area contributed by atoms with Crippen LogP contribution in [0, 0.1) is 5.82 Å². The van der Waals surface area contributed by atoms with Crippen molar-refractivity contribution in [1.82, 2.24) is 10.9 Å². The molecule has 6 nitrogen and oxygen atoms in total. The molecule has 8 heteroatoms. The van der Waals surface area contributed by atoms with E-state index in [1.54, 1.807) is 24.3 Å². The number of nitrogens with one attached hydrogen (secondary N) is 2. The van der Waals surface area contributed by atoms with Gasteiger partial charge in [0.2, 0.25) is 0 Å². The molecule has 0 bridgehead atoms. The van der Waals surface area contributed by atoms with E-state index in [2.05, 4.69) is 10.9 Å². The normalized spacial score (nSPS) is 10.0. The molecular weight excluding hydrogens is 351 g/mol. The number of ether oxygens (including phenoxy) is 2. The van der Waals surface area contributed by atoms with Gasteiger partial charge in [0.1, 0.15) is 5.82 Å². The Morgan fingerprint density at radius 3 is 2.36 bits per heavy atom. The van der Waals surface area contributed by atoms with Crippen LogP contribution in [0.1, 0.15) is 17.3 Å². The van der Waals surface area contributed by atoms with Crippen LogP contribution in [0.4, 0.5) is 4.39 Å². The van der Waals surface area contributed by atoms with Crippen LogP contribution in [0.15, 0.2) is 42.5 Å². The van der Waals surface area contributed by atoms with Crippen LogP contribution in [0.25, 0.3) is 0 Å². The van der Waals surface area contributed by atoms with Crippen molar-refractivity contribution in [3.05, 3.63) is 58.9 Å². The van der Waals surface area contributed by atoms with Gasteiger partial charge in [-0.3, -0.25) is 20.4 Å². The van der Waals surface area contributed by atoms with E-state index in [0.717, 1.165) is 6.07 Å². The third kappa shape index (κ3) is 5.09. The first kappa shape index (κ1) is 18.5. The molecule has 2 aromatic carbocycles. The van der Waals surface area contributed by atoms with Gasteiger partial charge in [0.15, 0.2) is 18.1 Å². The summed E-state index contributed by atoms with van der Waals surface area (Å²) in [6.45, 7) is 1.91. The predicted octanol–water partition coefficient (Wildman–Crippen LogP) is 2.72. The van der Waals surface area contributed by atoms with Crippen molar-refractivity contribution in [1.29, 1.82) is 0 Å². The number of carbonyl (C=O) groups is 2. The lowest BCUT2D eigenvalue weighted by Crippen LogP contribution is -2.44. The van der Waals surface area contributed by atoms with Crippen molar-refractivity contribution < 1.29 is 23.5 Å². The summed E-state index contributed by atoms with van der Waals surface area (Å²) in [5.41, 5.74) is 3.86. The lowest BCUT2D eigenvalue weighted by atomic mass is 10.2. The Morgan fingerprint density at radius 2 is 1.72 bits per heavy atom. The van der Waals surface area contributed by atoms with Gasteiger partial charge >= 0.3 is 0 Å². The number of benzene rings is 2. The Kier molecular flexibility index (Phi) is 6.59. The molecule has 0 saturated carbocycles. The molecule has 2 rings (SSSR count). The number of rotatable bonds is 6. The van der Waals surface area contributed by atoms with Gasteiger partial charge in [0.05, 0.1) is 17.2 Å². The first-order valence-corrected chi connectivity index (χ1v) is 7.78. The highest BCUT2D eigenvalue weighted by atomic mass is 35.5. The Morgan fingerprint density at radius 1 is 1.04 bits per heavy atom. The second-order valence-corrected chi connectivity index (χ2v) is 5.17. The van der Waals surface area contributed by atoms with Crippen LogP contribution in [0.5, 0.6) is 11.5 Å². The molecular formula is C17H16ClFN2O4. The Labute approximate surface area is 148 Å². The number of halogens is 2. The fourth-order valence-electron chi connectivity index (χ4n) is 1.93. The number of hydrogen-bond donors (Lipinski definition) is 2. The largest absolute Gasteiger partial charge is 0.490 e. The lowest BCUT2D eigenvalue weighted by molar-refractivity contribution is -0.123. The highest BCUT2D eigenvalue weighted by molar-refractivity contribution is 6.33. The van der Waals surface area contributed by atoms with Crippen LogP contribution in [0.3, 0.4) is 0 Å². The van der Waals surface area contributed by atoms with Crippen molar-refractivity contribution in [2.24, 2.45) is 0 Å². The highest BCUT2D eigenvalue weighted by Crippen LogP contribution is 2.26. The number of amides is 2. The zero-order valence-corrected chi connectivity index (χ0v) is 14.1. The SMILES string of the molecule is CCOc1ccccc1OCC(=O)NNC(=O)c1c(F)cccc1Cl. The van der Waals surface area contributed by atoms with E-state index in [1.165, 1.54) is 12.1 Å². The summed E-state index contributed by atoms with van der Waals surface area (Å²) in [5, 5.41) is -0.0614. The van der Waals surface area contributed by atoms with Crippen molar-refractivity contribution in [2.45, 2.75) is 6.92 Å². The summed E-state index contributed by atoms with van der Waals surface area (Å²) in [6.07, 6.45) is 0. The maximum absolute atomic E-state index is 13.6. The average Bonchev–Trinajstić information content (AvgIpc) is 2.59. The first-order valence-electron chi connectivity index (χ1n) is 7.40. The predicted molar refractivity (Wildman–Crippen MR) is 90.1 cm³/mol. The smallest absolute Gasteiger partial charge is 0.276 e. The van der Waals surface area contributed by atoms with Crippen LogP contribution < -0.4 is 20.3 Å². The third-order valence-electron chi connectivity index (χ3n) is 3.01. The fourth-order valence-corrected chi connectivity index (χ4v) is 2.18. The second kappa shape index (κ2) is 8.89. The number of hydrogen-bond acceptors (Lipinski definition) is 4. The summed E-state index contributed by atoms with van der Waals surface area (Å²) in [7, 11) is 0. The molecule has 0 saturated heterocycles. The first-order chi connectivity index (χ1) is 12.0. The molecule has 0 atom stereocenters. The standard InChI is InChI=1S/C17H16ClFN2O4/c1-2-24-13-8-3-4-9-14(13)25-10-15(22)20-21-17(23)16-11(18)6-5-7-12(16)19/h3-9H,2,10H2,1H3,(H,20,22)(H,21,23). The maximum atomic E-state index is 13.6. The van der Waals surface area contributed by atoms with Crippen LogP contribution in [-0.2, 0) is 4.79 Å². The summed E-state index contributed by atoms with van der Waals surface area (Å²) in [6, 6.07) is 10.7. The summed E-state index contributed by atoms with van der Waals surface area (Å²) in [5.74, 6) is -1.40. The monoisotopic (exact) mass is 366 g/mol. The Hall–Kier alpha value is -2.80. The van der Waals surface area contributed by atoms with Crippen LogP contribution >= 0.6 is 11.6 Å². The molecule has 0 aliphatic carbocycles. The van der Waals surface area contributed by atoms with Crippen molar-refractivity contribution in [3.8, 4) is 11.5 Å². The maximum Gasteiger partial charge on any atom is 0.276 e. The molecule has 0 fully saturated rings. The van der Waals surface area contributed by atoms with Crippen LogP contribution in [0.2, 0.25) is 5.02 Å². The molecule has 132 valence electrons. The van der Waals surface area contributed by atoms with Crippen molar-refractivity contribution >= 4 is 23.4 Å². The van der Waals surface area contributed by atoms with Gasteiger partial charge in [-0.2, -0.15) is 0 Å². The topological polar surface area (TPSA) is 76.7 Å². The quantitative estimate of drug-likeness (QED) is 0.771. The van der Waals surface area contributed by atoms with E-state index in [9.17, 15) is 14.0 Å². The highest BCUT2D eigenvalue weighted by Gasteiger charge is 2.16. The third-order valence-corrected chi connectivity index (χ3v) is 3.33. The van der Waals surface area contributed by atoms with Gasteiger partial charge in [-0.1, -0.05) is 29.8 Å². The number of carbonyl (C=O) groups excluding carboxylic acids is 2. The molecule has 2 aromatic rings. The molecule has 2 amide bonds. The van der Waals surface area contributed by atoms with E-state index in [0.29, 0.717) is 18.1 Å². The van der Waals surface area contributed by atoms with Crippen molar-refractivity contribution in [2.75, 3.05) is 13.2 Å². The van der Waals surface area contributed by atoms with E-state index in [4.69, 9.17) is 21.1 Å². The molecule has 0 aromatic heterocycles. The lowest BCUT2D eigenvalue weighted by Gasteiger charge is -2.12. The molecule has 0 radical (unpaired) electrons. The van der Waals surface area contributed by atoms with E-state index < -0.39 is 17.6 Å². The van der Waals surface area contributed by atoms with Crippen molar-refractivity contribution in [3.63, 3.8) is 0 Å². The summed E-state index contributed by atoms with van der Waals surface area (Å²) < 4.78 is 24.3.